The summed E-state index contributed by atoms with van der Waals surface area (Å²) in [5.74, 6) is -1.70. The summed E-state index contributed by atoms with van der Waals surface area (Å²) in [5.41, 5.74) is 2.09. The van der Waals surface area contributed by atoms with Gasteiger partial charge in [-0.25, -0.2) is 0 Å². The van der Waals surface area contributed by atoms with Gasteiger partial charge in [0.2, 0.25) is 5.91 Å². The molecular formula is C18H14ClN2O3S-. The van der Waals surface area contributed by atoms with Crippen molar-refractivity contribution in [2.75, 3.05) is 5.32 Å². The minimum Gasteiger partial charge on any atom is -0.545 e. The number of aryl methyl sites for hydroxylation is 1. The fourth-order valence-electron chi connectivity index (χ4n) is 1.94. The van der Waals surface area contributed by atoms with Crippen LogP contribution in [-0.4, -0.2) is 17.0 Å². The van der Waals surface area contributed by atoms with Gasteiger partial charge in [0.05, 0.1) is 5.97 Å². The Labute approximate surface area is 155 Å². The van der Waals surface area contributed by atoms with Gasteiger partial charge in [0, 0.05) is 16.8 Å². The molecule has 0 heterocycles. The fraction of sp³-hybridized carbons (Fsp3) is 0.0556. The Morgan fingerprint density at radius 2 is 1.84 bits per heavy atom. The van der Waals surface area contributed by atoms with Crippen LogP contribution in [-0.2, 0) is 4.79 Å². The predicted molar refractivity (Wildman–Crippen MR) is 100 cm³/mol. The van der Waals surface area contributed by atoms with Crippen LogP contribution in [0, 0.1) is 6.92 Å². The number of nitrogens with one attached hydrogen (secondary N) is 2. The van der Waals surface area contributed by atoms with Gasteiger partial charge in [0.1, 0.15) is 0 Å². The molecule has 0 bridgehead atoms. The Hall–Kier alpha value is -2.70. The van der Waals surface area contributed by atoms with Crippen LogP contribution in [0.5, 0.6) is 0 Å². The van der Waals surface area contributed by atoms with Crippen LogP contribution in [0.25, 0.3) is 6.08 Å². The van der Waals surface area contributed by atoms with Gasteiger partial charge in [-0.15, -0.1) is 0 Å². The van der Waals surface area contributed by atoms with E-state index in [4.69, 9.17) is 23.8 Å². The lowest BCUT2D eigenvalue weighted by Crippen LogP contribution is -2.33. The SMILES string of the molecule is Cc1ccc(C(=O)[O-])cc1NC(=S)NC(=O)/C=C/c1ccc(Cl)cc1. The zero-order chi connectivity index (χ0) is 18.4. The molecule has 2 rings (SSSR count). The third kappa shape index (κ3) is 5.70. The summed E-state index contributed by atoms with van der Waals surface area (Å²) >= 11 is 10.9. The molecule has 0 saturated heterocycles. The fourth-order valence-corrected chi connectivity index (χ4v) is 2.27. The average Bonchev–Trinajstić information content (AvgIpc) is 2.56. The zero-order valence-corrected chi connectivity index (χ0v) is 14.8. The second-order valence-electron chi connectivity index (χ2n) is 5.15. The number of halogens is 1. The smallest absolute Gasteiger partial charge is 0.250 e. The number of carboxylic acids is 1. The van der Waals surface area contributed by atoms with E-state index in [1.165, 1.54) is 18.2 Å². The van der Waals surface area contributed by atoms with Crippen molar-refractivity contribution in [1.82, 2.24) is 5.32 Å². The van der Waals surface area contributed by atoms with Gasteiger partial charge in [-0.1, -0.05) is 35.9 Å². The maximum absolute atomic E-state index is 11.9. The van der Waals surface area contributed by atoms with Gasteiger partial charge < -0.3 is 15.2 Å². The van der Waals surface area contributed by atoms with E-state index in [-0.39, 0.29) is 10.7 Å². The second kappa shape index (κ2) is 8.41. The van der Waals surface area contributed by atoms with Crippen LogP contribution >= 0.6 is 23.8 Å². The monoisotopic (exact) mass is 373 g/mol. The van der Waals surface area contributed by atoms with Crippen LogP contribution in [0.3, 0.4) is 0 Å². The third-order valence-electron chi connectivity index (χ3n) is 3.26. The number of hydrogen-bond donors (Lipinski definition) is 2. The molecule has 7 heteroatoms. The van der Waals surface area contributed by atoms with Gasteiger partial charge in [0.15, 0.2) is 5.11 Å². The van der Waals surface area contributed by atoms with Crippen molar-refractivity contribution in [2.45, 2.75) is 6.92 Å². The van der Waals surface area contributed by atoms with Crippen molar-refractivity contribution in [3.63, 3.8) is 0 Å². The van der Waals surface area contributed by atoms with Crippen molar-refractivity contribution in [2.24, 2.45) is 0 Å². The highest BCUT2D eigenvalue weighted by Crippen LogP contribution is 2.16. The van der Waals surface area contributed by atoms with E-state index in [1.807, 2.05) is 0 Å². The van der Waals surface area contributed by atoms with Crippen molar-refractivity contribution in [1.29, 1.82) is 0 Å². The molecule has 5 nitrogen and oxygen atoms in total. The van der Waals surface area contributed by atoms with Gasteiger partial charge in [-0.3, -0.25) is 10.1 Å². The molecule has 128 valence electrons. The summed E-state index contributed by atoms with van der Waals surface area (Å²) in [4.78, 5) is 22.8. The first-order valence-electron chi connectivity index (χ1n) is 7.23. The third-order valence-corrected chi connectivity index (χ3v) is 3.71. The lowest BCUT2D eigenvalue weighted by molar-refractivity contribution is -0.255. The number of anilines is 1. The Bertz CT molecular complexity index is 848. The van der Waals surface area contributed by atoms with E-state index in [0.29, 0.717) is 10.7 Å². The highest BCUT2D eigenvalue weighted by Gasteiger charge is 2.05. The first kappa shape index (κ1) is 18.6. The number of hydrogen-bond acceptors (Lipinski definition) is 4. The molecular weight excluding hydrogens is 360 g/mol. The number of rotatable bonds is 4. The molecule has 0 atom stereocenters. The number of aromatic carboxylic acids is 1. The van der Waals surface area contributed by atoms with E-state index in [9.17, 15) is 14.7 Å². The number of benzene rings is 2. The minimum absolute atomic E-state index is 0.0184. The maximum atomic E-state index is 11.9. The maximum Gasteiger partial charge on any atom is 0.250 e. The lowest BCUT2D eigenvalue weighted by Gasteiger charge is -2.13. The molecule has 0 aliphatic rings. The van der Waals surface area contributed by atoms with E-state index in [2.05, 4.69) is 10.6 Å². The topological polar surface area (TPSA) is 81.3 Å². The van der Waals surface area contributed by atoms with Crippen molar-refractivity contribution >= 4 is 52.6 Å². The standard InChI is InChI=1S/C18H15ClN2O3S/c1-11-2-6-13(17(23)24)10-15(11)20-18(25)21-16(22)9-5-12-3-7-14(19)8-4-12/h2-10H,1H3,(H,23,24)(H2,20,21,22,25)/p-1/b9-5+. The molecule has 0 unspecified atom stereocenters. The highest BCUT2D eigenvalue weighted by atomic mass is 35.5. The van der Waals surface area contributed by atoms with Crippen molar-refractivity contribution in [3.8, 4) is 0 Å². The van der Waals surface area contributed by atoms with E-state index in [1.54, 1.807) is 43.3 Å². The largest absolute Gasteiger partial charge is 0.545 e. The lowest BCUT2D eigenvalue weighted by atomic mass is 10.1. The highest BCUT2D eigenvalue weighted by molar-refractivity contribution is 7.80. The van der Waals surface area contributed by atoms with Gasteiger partial charge in [-0.05, 0) is 60.1 Å². The number of carbonyl (C=O) groups is 2. The Balaban J connectivity index is 1.97. The Morgan fingerprint density at radius 3 is 2.48 bits per heavy atom. The normalized spacial score (nSPS) is 10.5. The van der Waals surface area contributed by atoms with Crippen LogP contribution in [0.1, 0.15) is 21.5 Å². The second-order valence-corrected chi connectivity index (χ2v) is 5.99. The molecule has 0 aromatic heterocycles. The summed E-state index contributed by atoms with van der Waals surface area (Å²) in [6.07, 6.45) is 2.96. The summed E-state index contributed by atoms with van der Waals surface area (Å²) < 4.78 is 0. The predicted octanol–water partition coefficient (Wildman–Crippen LogP) is 2.54. The molecule has 2 aromatic rings. The molecule has 0 radical (unpaired) electrons. The minimum atomic E-state index is -1.29. The van der Waals surface area contributed by atoms with Crippen LogP contribution in [0.15, 0.2) is 48.5 Å². The van der Waals surface area contributed by atoms with Gasteiger partial charge in [0.25, 0.3) is 0 Å². The van der Waals surface area contributed by atoms with Gasteiger partial charge >= 0.3 is 0 Å². The van der Waals surface area contributed by atoms with E-state index in [0.717, 1.165) is 11.1 Å². The van der Waals surface area contributed by atoms with E-state index < -0.39 is 11.9 Å². The van der Waals surface area contributed by atoms with Crippen molar-refractivity contribution in [3.05, 3.63) is 70.3 Å². The van der Waals surface area contributed by atoms with Crippen molar-refractivity contribution < 1.29 is 14.7 Å². The number of carboxylic acid groups (broad SMARTS) is 1. The summed E-state index contributed by atoms with van der Waals surface area (Å²) in [5, 5.41) is 16.9. The molecule has 0 spiro atoms. The number of amides is 1. The summed E-state index contributed by atoms with van der Waals surface area (Å²) in [7, 11) is 0. The zero-order valence-electron chi connectivity index (χ0n) is 13.2. The van der Waals surface area contributed by atoms with Gasteiger partial charge in [-0.2, -0.15) is 0 Å². The molecule has 0 aliphatic carbocycles. The first-order chi connectivity index (χ1) is 11.8. The molecule has 0 fully saturated rings. The average molecular weight is 374 g/mol. The first-order valence-corrected chi connectivity index (χ1v) is 8.01. The van der Waals surface area contributed by atoms with Crippen LogP contribution in [0.4, 0.5) is 5.69 Å². The quantitative estimate of drug-likeness (QED) is 0.635. The van der Waals surface area contributed by atoms with Crippen LogP contribution in [0.2, 0.25) is 5.02 Å². The van der Waals surface area contributed by atoms with E-state index >= 15 is 0 Å². The number of carbonyl (C=O) groups excluding carboxylic acids is 2. The summed E-state index contributed by atoms with van der Waals surface area (Å²) in [6.45, 7) is 1.78. The molecule has 2 aromatic carbocycles. The summed E-state index contributed by atoms with van der Waals surface area (Å²) in [6, 6.07) is 11.4. The molecule has 2 N–H and O–H groups in total. The Kier molecular flexibility index (Phi) is 6.27. The molecule has 1 amide bonds. The molecule has 25 heavy (non-hydrogen) atoms. The van der Waals surface area contributed by atoms with Crippen LogP contribution < -0.4 is 15.7 Å². The molecule has 0 saturated carbocycles. The Morgan fingerprint density at radius 1 is 1.16 bits per heavy atom. The molecule has 0 aliphatic heterocycles. The number of thiocarbonyl (C=S) groups is 1.